The smallest absolute Gasteiger partial charge is 0.127 e. The first-order valence-electron chi connectivity index (χ1n) is 6.37. The number of hydrogen-bond donors (Lipinski definition) is 2. The fourth-order valence-corrected chi connectivity index (χ4v) is 1.83. The summed E-state index contributed by atoms with van der Waals surface area (Å²) in [6.07, 6.45) is 2.61. The minimum atomic E-state index is -0.120. The van der Waals surface area contributed by atoms with E-state index in [-0.39, 0.29) is 5.82 Å². The Hall–Kier alpha value is -0.930. The summed E-state index contributed by atoms with van der Waals surface area (Å²) < 4.78 is 13.5. The molecule has 2 N–H and O–H groups in total. The Morgan fingerprint density at radius 1 is 1.41 bits per heavy atom. The van der Waals surface area contributed by atoms with Crippen molar-refractivity contribution in [2.24, 2.45) is 0 Å². The van der Waals surface area contributed by atoms with Crippen molar-refractivity contribution in [3.8, 4) is 0 Å². The molecule has 0 bridgehead atoms. The summed E-state index contributed by atoms with van der Waals surface area (Å²) in [5.41, 5.74) is 1.86. The topological polar surface area (TPSA) is 24.1 Å². The third-order valence-corrected chi connectivity index (χ3v) is 3.13. The molecule has 1 saturated carbocycles. The van der Waals surface area contributed by atoms with Crippen molar-refractivity contribution in [1.29, 1.82) is 0 Å². The van der Waals surface area contributed by atoms with Gasteiger partial charge in [-0.15, -0.1) is 0 Å². The molecule has 0 heterocycles. The van der Waals surface area contributed by atoms with Crippen molar-refractivity contribution in [1.82, 2.24) is 10.6 Å². The van der Waals surface area contributed by atoms with Crippen LogP contribution in [0.25, 0.3) is 0 Å². The molecule has 1 atom stereocenters. The van der Waals surface area contributed by atoms with Crippen LogP contribution in [0.2, 0.25) is 0 Å². The summed E-state index contributed by atoms with van der Waals surface area (Å²) in [5, 5.41) is 6.81. The van der Waals surface area contributed by atoms with E-state index in [2.05, 4.69) is 17.6 Å². The van der Waals surface area contributed by atoms with E-state index in [0.29, 0.717) is 12.6 Å². The second kappa shape index (κ2) is 5.61. The van der Waals surface area contributed by atoms with Crippen molar-refractivity contribution in [3.63, 3.8) is 0 Å². The molecule has 2 nitrogen and oxygen atoms in total. The van der Waals surface area contributed by atoms with Gasteiger partial charge in [-0.1, -0.05) is 17.7 Å². The highest BCUT2D eigenvalue weighted by Gasteiger charge is 2.20. The fraction of sp³-hybridized carbons (Fsp3) is 0.571. The first-order chi connectivity index (χ1) is 8.15. The Labute approximate surface area is 103 Å². The Morgan fingerprint density at radius 2 is 2.18 bits per heavy atom. The molecule has 0 saturated heterocycles. The average molecular weight is 236 g/mol. The monoisotopic (exact) mass is 236 g/mol. The van der Waals surface area contributed by atoms with E-state index in [1.54, 1.807) is 12.1 Å². The molecule has 1 aromatic carbocycles. The highest BCUT2D eigenvalue weighted by molar-refractivity contribution is 5.23. The molecule has 0 radical (unpaired) electrons. The van der Waals surface area contributed by atoms with Crippen LogP contribution in [0.4, 0.5) is 4.39 Å². The van der Waals surface area contributed by atoms with Crippen LogP contribution in [0.15, 0.2) is 18.2 Å². The molecule has 0 amide bonds. The molecule has 0 spiro atoms. The highest BCUT2D eigenvalue weighted by Crippen LogP contribution is 2.18. The van der Waals surface area contributed by atoms with Gasteiger partial charge in [-0.3, -0.25) is 0 Å². The van der Waals surface area contributed by atoms with E-state index in [1.165, 1.54) is 12.8 Å². The zero-order chi connectivity index (χ0) is 12.3. The van der Waals surface area contributed by atoms with Crippen LogP contribution < -0.4 is 10.6 Å². The summed E-state index contributed by atoms with van der Waals surface area (Å²) in [7, 11) is 0. The quantitative estimate of drug-likeness (QED) is 0.792. The van der Waals surface area contributed by atoms with Crippen molar-refractivity contribution >= 4 is 0 Å². The fourth-order valence-electron chi connectivity index (χ4n) is 1.83. The van der Waals surface area contributed by atoms with Gasteiger partial charge in [0.25, 0.3) is 0 Å². The summed E-state index contributed by atoms with van der Waals surface area (Å²) in [5.74, 6) is -0.120. The number of benzene rings is 1. The molecule has 1 fully saturated rings. The first-order valence-corrected chi connectivity index (χ1v) is 6.37. The van der Waals surface area contributed by atoms with Crippen LogP contribution in [0, 0.1) is 12.7 Å². The summed E-state index contributed by atoms with van der Waals surface area (Å²) in [6.45, 7) is 5.67. The number of aryl methyl sites for hydroxylation is 1. The van der Waals surface area contributed by atoms with Gasteiger partial charge in [-0.2, -0.15) is 0 Å². The van der Waals surface area contributed by atoms with Gasteiger partial charge >= 0.3 is 0 Å². The molecular formula is C14H21FN2. The highest BCUT2D eigenvalue weighted by atomic mass is 19.1. The van der Waals surface area contributed by atoms with Crippen LogP contribution in [0.1, 0.15) is 30.9 Å². The molecule has 0 aliphatic heterocycles. The van der Waals surface area contributed by atoms with Crippen molar-refractivity contribution in [2.45, 2.75) is 45.3 Å². The molecular weight excluding hydrogens is 215 g/mol. The minimum absolute atomic E-state index is 0.120. The van der Waals surface area contributed by atoms with E-state index in [9.17, 15) is 4.39 Å². The van der Waals surface area contributed by atoms with Gasteiger partial charge < -0.3 is 10.6 Å². The Morgan fingerprint density at radius 3 is 2.88 bits per heavy atom. The lowest BCUT2D eigenvalue weighted by atomic mass is 10.1. The van der Waals surface area contributed by atoms with E-state index in [1.807, 2.05) is 13.0 Å². The molecule has 0 aromatic heterocycles. The van der Waals surface area contributed by atoms with Crippen LogP contribution in [-0.2, 0) is 6.54 Å². The number of nitrogens with one attached hydrogen (secondary N) is 2. The Balaban J connectivity index is 1.77. The number of hydrogen-bond acceptors (Lipinski definition) is 2. The van der Waals surface area contributed by atoms with E-state index < -0.39 is 0 Å². The molecule has 3 heteroatoms. The molecule has 1 aromatic rings. The van der Waals surface area contributed by atoms with Gasteiger partial charge in [0.15, 0.2) is 0 Å². The lowest BCUT2D eigenvalue weighted by molar-refractivity contribution is 0.490. The van der Waals surface area contributed by atoms with Gasteiger partial charge in [0.2, 0.25) is 0 Å². The van der Waals surface area contributed by atoms with E-state index in [4.69, 9.17) is 0 Å². The predicted molar refractivity (Wildman–Crippen MR) is 68.5 cm³/mol. The molecule has 94 valence electrons. The van der Waals surface area contributed by atoms with Crippen molar-refractivity contribution in [2.75, 3.05) is 6.54 Å². The molecule has 1 unspecified atom stereocenters. The van der Waals surface area contributed by atoms with Crippen molar-refractivity contribution < 1.29 is 4.39 Å². The summed E-state index contributed by atoms with van der Waals surface area (Å²) in [4.78, 5) is 0. The maximum atomic E-state index is 13.5. The zero-order valence-electron chi connectivity index (χ0n) is 10.6. The lowest BCUT2D eigenvalue weighted by Crippen LogP contribution is -2.36. The van der Waals surface area contributed by atoms with Crippen molar-refractivity contribution in [3.05, 3.63) is 35.1 Å². The SMILES string of the molecule is Cc1ccc(F)c(CNC(C)CNC2CC2)c1. The van der Waals surface area contributed by atoms with Gasteiger partial charge in [0.05, 0.1) is 0 Å². The maximum Gasteiger partial charge on any atom is 0.127 e. The van der Waals surface area contributed by atoms with Crippen LogP contribution >= 0.6 is 0 Å². The van der Waals surface area contributed by atoms with E-state index >= 15 is 0 Å². The normalized spacial score (nSPS) is 17.1. The average Bonchev–Trinajstić information content (AvgIpc) is 3.11. The third kappa shape index (κ3) is 4.10. The molecule has 1 aliphatic carbocycles. The minimum Gasteiger partial charge on any atom is -0.312 e. The lowest BCUT2D eigenvalue weighted by Gasteiger charge is -2.15. The molecule has 1 aliphatic rings. The van der Waals surface area contributed by atoms with E-state index in [0.717, 1.165) is 23.7 Å². The maximum absolute atomic E-state index is 13.5. The van der Waals surface area contributed by atoms with Gasteiger partial charge in [0.1, 0.15) is 5.82 Å². The summed E-state index contributed by atoms with van der Waals surface area (Å²) >= 11 is 0. The Bertz CT molecular complexity index is 374. The van der Waals surface area contributed by atoms with Crippen LogP contribution in [0.5, 0.6) is 0 Å². The zero-order valence-corrected chi connectivity index (χ0v) is 10.6. The van der Waals surface area contributed by atoms with Crippen LogP contribution in [-0.4, -0.2) is 18.6 Å². The Kier molecular flexibility index (Phi) is 4.13. The standard InChI is InChI=1S/C14H21FN2/c1-10-3-6-14(15)12(7-10)9-16-11(2)8-17-13-4-5-13/h3,6-7,11,13,16-17H,4-5,8-9H2,1-2H3. The van der Waals surface area contributed by atoms with Crippen LogP contribution in [0.3, 0.4) is 0 Å². The number of rotatable bonds is 6. The summed E-state index contributed by atoms with van der Waals surface area (Å²) in [6, 6.07) is 6.35. The van der Waals surface area contributed by atoms with Gasteiger partial charge in [0, 0.05) is 30.7 Å². The van der Waals surface area contributed by atoms with Gasteiger partial charge in [-0.05, 0) is 32.8 Å². The predicted octanol–water partition coefficient (Wildman–Crippen LogP) is 2.36. The number of halogens is 1. The second-order valence-corrected chi connectivity index (χ2v) is 5.06. The molecule has 2 rings (SSSR count). The second-order valence-electron chi connectivity index (χ2n) is 5.06. The van der Waals surface area contributed by atoms with Gasteiger partial charge in [-0.25, -0.2) is 4.39 Å². The first kappa shape index (κ1) is 12.5. The largest absolute Gasteiger partial charge is 0.312 e. The molecule has 17 heavy (non-hydrogen) atoms. The third-order valence-electron chi connectivity index (χ3n) is 3.13.